The Balaban J connectivity index is 5.72. The lowest BCUT2D eigenvalue weighted by molar-refractivity contribution is -0.152. The number of hydrogen-bond acceptors (Lipinski definition) is 9. The molecule has 5 amide bonds. The second kappa shape index (κ2) is 22.5. The molecule has 16 heteroatoms. The summed E-state index contributed by atoms with van der Waals surface area (Å²) in [5.74, 6) is -3.52. The van der Waals surface area contributed by atoms with Gasteiger partial charge in [-0.15, -0.1) is 0 Å². The molecule has 0 rings (SSSR count). The number of carbonyl (C=O) groups is 6. The standard InChI is InChI=1S/C30H57N9O7/c1-7-9-10-16-23(40)35-19(3)24(41)37-22(15-13-18-34-29(32)33)27(44)38-21(14-11-12-17-31)26(43)36-20(4)25(42)39-30(5,6)28(45)46-8-2/h19-22H,7-18,31H2,1-6H3,(H,35,40)(H,36,43)(H,37,41)(H,38,44)(H,39,42)(H4,32,33,34)/t19-,20-,21-,22-/m0/s1. The van der Waals surface area contributed by atoms with Crippen LogP contribution in [0, 0.1) is 0 Å². The van der Waals surface area contributed by atoms with Crippen molar-refractivity contribution < 1.29 is 33.5 Å². The van der Waals surface area contributed by atoms with Crippen LogP contribution in [-0.2, 0) is 33.5 Å². The second-order valence-corrected chi connectivity index (χ2v) is 11.7. The van der Waals surface area contributed by atoms with Crippen LogP contribution in [0.5, 0.6) is 0 Å². The van der Waals surface area contributed by atoms with Gasteiger partial charge in [-0.3, -0.25) is 29.0 Å². The van der Waals surface area contributed by atoms with Gasteiger partial charge in [-0.05, 0) is 79.7 Å². The van der Waals surface area contributed by atoms with E-state index in [1.54, 1.807) is 6.92 Å². The number of carbonyl (C=O) groups excluding carboxylic acids is 6. The minimum absolute atomic E-state index is 0.120. The number of unbranched alkanes of at least 4 members (excludes halogenated alkanes) is 3. The van der Waals surface area contributed by atoms with Gasteiger partial charge in [0.25, 0.3) is 0 Å². The number of nitrogens with zero attached hydrogens (tertiary/aromatic N) is 1. The Kier molecular flexibility index (Phi) is 20.6. The van der Waals surface area contributed by atoms with Gasteiger partial charge in [0.05, 0.1) is 6.61 Å². The summed E-state index contributed by atoms with van der Waals surface area (Å²) < 4.78 is 4.99. The van der Waals surface area contributed by atoms with E-state index in [4.69, 9.17) is 21.9 Å². The van der Waals surface area contributed by atoms with Crippen molar-refractivity contribution in [2.45, 2.75) is 129 Å². The molecule has 0 saturated carbocycles. The molecule has 0 bridgehead atoms. The molecule has 0 radical (unpaired) electrons. The minimum Gasteiger partial charge on any atom is -0.464 e. The Morgan fingerprint density at radius 3 is 1.87 bits per heavy atom. The molecule has 16 nitrogen and oxygen atoms in total. The van der Waals surface area contributed by atoms with Crippen LogP contribution in [0.15, 0.2) is 4.99 Å². The van der Waals surface area contributed by atoms with Crippen LogP contribution in [0.25, 0.3) is 0 Å². The minimum atomic E-state index is -1.34. The van der Waals surface area contributed by atoms with E-state index < -0.39 is 59.3 Å². The van der Waals surface area contributed by atoms with Crippen LogP contribution >= 0.6 is 0 Å². The summed E-state index contributed by atoms with van der Waals surface area (Å²) in [6.07, 6.45) is 4.55. The molecule has 4 atom stereocenters. The number of esters is 1. The van der Waals surface area contributed by atoms with Gasteiger partial charge in [-0.1, -0.05) is 19.8 Å². The fourth-order valence-electron chi connectivity index (χ4n) is 4.18. The predicted octanol–water partition coefficient (Wildman–Crippen LogP) is -0.814. The summed E-state index contributed by atoms with van der Waals surface area (Å²) in [6, 6.07) is -4.13. The average Bonchev–Trinajstić information content (AvgIpc) is 2.97. The summed E-state index contributed by atoms with van der Waals surface area (Å²) in [4.78, 5) is 80.9. The van der Waals surface area contributed by atoms with Crippen LogP contribution in [0.4, 0.5) is 0 Å². The van der Waals surface area contributed by atoms with Crippen molar-refractivity contribution in [1.82, 2.24) is 26.6 Å². The lowest BCUT2D eigenvalue weighted by Crippen LogP contribution is -2.59. The third-order valence-electron chi connectivity index (χ3n) is 6.91. The Labute approximate surface area is 272 Å². The van der Waals surface area contributed by atoms with E-state index in [1.807, 2.05) is 6.92 Å². The Morgan fingerprint density at radius 2 is 1.30 bits per heavy atom. The van der Waals surface area contributed by atoms with Crippen molar-refractivity contribution in [3.63, 3.8) is 0 Å². The van der Waals surface area contributed by atoms with Crippen LogP contribution in [0.3, 0.4) is 0 Å². The maximum atomic E-state index is 13.5. The number of nitrogens with two attached hydrogens (primary N) is 3. The Hall–Kier alpha value is -3.95. The van der Waals surface area contributed by atoms with Gasteiger partial charge < -0.3 is 48.5 Å². The number of hydrogen-bond donors (Lipinski definition) is 8. The fraction of sp³-hybridized carbons (Fsp3) is 0.767. The zero-order valence-electron chi connectivity index (χ0n) is 28.3. The van der Waals surface area contributed by atoms with Gasteiger partial charge in [0.1, 0.15) is 29.7 Å². The van der Waals surface area contributed by atoms with Crippen LogP contribution in [0.2, 0.25) is 0 Å². The number of ether oxygens (including phenoxy) is 1. The zero-order valence-corrected chi connectivity index (χ0v) is 28.3. The van der Waals surface area contributed by atoms with E-state index in [-0.39, 0.29) is 44.3 Å². The number of aliphatic imine (C=N–C) groups is 1. The van der Waals surface area contributed by atoms with Crippen molar-refractivity contribution >= 4 is 41.5 Å². The monoisotopic (exact) mass is 655 g/mol. The molecule has 0 aliphatic carbocycles. The van der Waals surface area contributed by atoms with Gasteiger partial charge >= 0.3 is 5.97 Å². The highest BCUT2D eigenvalue weighted by Crippen LogP contribution is 2.08. The summed E-state index contributed by atoms with van der Waals surface area (Å²) in [6.45, 7) is 10.3. The van der Waals surface area contributed by atoms with E-state index >= 15 is 0 Å². The first-order valence-corrected chi connectivity index (χ1v) is 16.0. The van der Waals surface area contributed by atoms with E-state index in [1.165, 1.54) is 27.7 Å². The van der Waals surface area contributed by atoms with Gasteiger partial charge in [-0.25, -0.2) is 4.79 Å². The molecule has 0 aliphatic rings. The highest BCUT2D eigenvalue weighted by atomic mass is 16.5. The summed E-state index contributed by atoms with van der Waals surface area (Å²) in [5, 5.41) is 13.1. The van der Waals surface area contributed by atoms with E-state index in [9.17, 15) is 28.8 Å². The molecule has 46 heavy (non-hydrogen) atoms. The van der Waals surface area contributed by atoms with Gasteiger partial charge in [0, 0.05) is 13.0 Å². The van der Waals surface area contributed by atoms with Gasteiger partial charge in [0.15, 0.2) is 5.96 Å². The van der Waals surface area contributed by atoms with Crippen molar-refractivity contribution in [3.8, 4) is 0 Å². The molecule has 0 aliphatic heterocycles. The molecule has 0 aromatic rings. The molecule has 0 fully saturated rings. The quantitative estimate of drug-likeness (QED) is 0.0294. The van der Waals surface area contributed by atoms with Gasteiger partial charge in [0.2, 0.25) is 29.5 Å². The third kappa shape index (κ3) is 17.5. The van der Waals surface area contributed by atoms with Crippen molar-refractivity contribution in [1.29, 1.82) is 0 Å². The van der Waals surface area contributed by atoms with Crippen LogP contribution in [0.1, 0.15) is 99.3 Å². The third-order valence-corrected chi connectivity index (χ3v) is 6.91. The highest BCUT2D eigenvalue weighted by molar-refractivity contribution is 5.96. The molecule has 0 heterocycles. The van der Waals surface area contributed by atoms with Crippen molar-refractivity contribution in [3.05, 3.63) is 0 Å². The second-order valence-electron chi connectivity index (χ2n) is 11.7. The molecule has 11 N–H and O–H groups in total. The number of nitrogens with one attached hydrogen (secondary N) is 5. The lowest BCUT2D eigenvalue weighted by atomic mass is 10.0. The zero-order chi connectivity index (χ0) is 35.3. The number of amides is 5. The lowest BCUT2D eigenvalue weighted by Gasteiger charge is -2.27. The molecule has 264 valence electrons. The van der Waals surface area contributed by atoms with Crippen LogP contribution in [-0.4, -0.2) is 90.9 Å². The maximum absolute atomic E-state index is 13.5. The molecule has 0 aromatic carbocycles. The summed E-state index contributed by atoms with van der Waals surface area (Å²) >= 11 is 0. The van der Waals surface area contributed by atoms with Crippen molar-refractivity contribution in [2.75, 3.05) is 19.7 Å². The topological polar surface area (TPSA) is 262 Å². The first-order valence-electron chi connectivity index (χ1n) is 16.0. The SMILES string of the molecule is CCCCCC(=O)N[C@@H](C)C(=O)N[C@@H](CCCN=C(N)N)C(=O)N[C@@H](CCCCN)C(=O)N[C@@H](C)C(=O)NC(C)(C)C(=O)OCC. The van der Waals surface area contributed by atoms with E-state index in [2.05, 4.69) is 31.6 Å². The molecule has 0 spiro atoms. The molecule has 0 aromatic heterocycles. The Bertz CT molecular complexity index is 1030. The Morgan fingerprint density at radius 1 is 0.739 bits per heavy atom. The molecule has 0 unspecified atom stereocenters. The fourth-order valence-corrected chi connectivity index (χ4v) is 4.18. The van der Waals surface area contributed by atoms with E-state index in [0.717, 1.165) is 12.8 Å². The molecule has 0 saturated heterocycles. The summed E-state index contributed by atoms with van der Waals surface area (Å²) in [5.41, 5.74) is 15.1. The first kappa shape index (κ1) is 42.0. The molecular formula is C30H57N9O7. The maximum Gasteiger partial charge on any atom is 0.331 e. The highest BCUT2D eigenvalue weighted by Gasteiger charge is 2.34. The predicted molar refractivity (Wildman–Crippen MR) is 175 cm³/mol. The number of rotatable bonds is 23. The first-order chi connectivity index (χ1) is 21.6. The van der Waals surface area contributed by atoms with Crippen LogP contribution < -0.4 is 43.8 Å². The van der Waals surface area contributed by atoms with E-state index in [0.29, 0.717) is 32.2 Å². The number of guanidine groups is 1. The normalized spacial score (nSPS) is 13.6. The van der Waals surface area contributed by atoms with Gasteiger partial charge in [-0.2, -0.15) is 0 Å². The van der Waals surface area contributed by atoms with Crippen molar-refractivity contribution in [2.24, 2.45) is 22.2 Å². The average molecular weight is 656 g/mol. The smallest absolute Gasteiger partial charge is 0.331 e. The largest absolute Gasteiger partial charge is 0.464 e. The molecular weight excluding hydrogens is 598 g/mol. The summed E-state index contributed by atoms with van der Waals surface area (Å²) in [7, 11) is 0.